The van der Waals surface area contributed by atoms with Gasteiger partial charge >= 0.3 is 0 Å². The Bertz CT molecular complexity index is 29.0. The van der Waals surface area contributed by atoms with Gasteiger partial charge in [-0.15, -0.1) is 0 Å². The van der Waals surface area contributed by atoms with Crippen molar-refractivity contribution in [3.05, 3.63) is 0 Å². The highest BCUT2D eigenvalue weighted by Gasteiger charge is 1.62. The van der Waals surface area contributed by atoms with Crippen molar-refractivity contribution in [2.75, 3.05) is 0 Å². The molecule has 0 aromatic heterocycles. The van der Waals surface area contributed by atoms with Gasteiger partial charge in [-0.1, -0.05) is 0 Å². The summed E-state index contributed by atoms with van der Waals surface area (Å²) in [5.74, 6) is -0.833. The Hall–Kier alpha value is -0.400. The summed E-state index contributed by atoms with van der Waals surface area (Å²) in [4.78, 5) is 0. The standard InChI is InChI=1S/C2H4FN/c1-2(3)4/h4H,1H3. The molecule has 2 heteroatoms. The minimum atomic E-state index is -0.833. The van der Waals surface area contributed by atoms with E-state index in [1.54, 1.807) is 0 Å². The largest absolute Gasteiger partial charge is 0.278 e. The van der Waals surface area contributed by atoms with Gasteiger partial charge in [-0.05, 0) is 0 Å². The summed E-state index contributed by atoms with van der Waals surface area (Å²) < 4.78 is 10.6. The molecule has 0 aromatic carbocycles. The molecule has 0 aliphatic carbocycles. The van der Waals surface area contributed by atoms with E-state index in [1.165, 1.54) is 0 Å². The third kappa shape index (κ3) is 3.60. The van der Waals surface area contributed by atoms with E-state index in [2.05, 4.69) is 0 Å². The molecule has 0 rings (SSSR count). The molecule has 1 nitrogen and oxygen atoms in total. The van der Waals surface area contributed by atoms with Crippen molar-refractivity contribution < 1.29 is 4.39 Å². The zero-order valence-corrected chi connectivity index (χ0v) is 2.38. The highest BCUT2D eigenvalue weighted by atomic mass is 19.1. The Kier molecular flexibility index (Phi) is 0.886. The van der Waals surface area contributed by atoms with E-state index in [1.807, 2.05) is 0 Å². The van der Waals surface area contributed by atoms with Crippen LogP contribution in [0.1, 0.15) is 6.92 Å². The van der Waals surface area contributed by atoms with Crippen LogP contribution in [-0.4, -0.2) is 5.97 Å². The molecule has 0 bridgehead atoms. The predicted octanol–water partition coefficient (Wildman–Crippen LogP) is 0.953. The summed E-state index contributed by atoms with van der Waals surface area (Å²) in [5, 5.41) is 5.83. The number of hydrogen-bond donors (Lipinski definition) is 1. The van der Waals surface area contributed by atoms with Crippen LogP contribution in [0.25, 0.3) is 0 Å². The van der Waals surface area contributed by atoms with Gasteiger partial charge in [-0.2, -0.15) is 4.39 Å². The van der Waals surface area contributed by atoms with Crippen molar-refractivity contribution in [2.24, 2.45) is 0 Å². The first-order chi connectivity index (χ1) is 1.73. The van der Waals surface area contributed by atoms with Crippen molar-refractivity contribution in [2.45, 2.75) is 6.92 Å². The van der Waals surface area contributed by atoms with Crippen molar-refractivity contribution in [3.63, 3.8) is 0 Å². The zero-order valence-electron chi connectivity index (χ0n) is 2.38. The molecule has 1 N–H and O–H groups in total. The third-order valence-corrected chi connectivity index (χ3v) is 0. The molecule has 0 aliphatic heterocycles. The molecule has 0 saturated heterocycles. The van der Waals surface area contributed by atoms with Gasteiger partial charge in [0, 0.05) is 6.92 Å². The highest BCUT2D eigenvalue weighted by molar-refractivity contribution is 5.67. The molecule has 0 unspecified atom stereocenters. The lowest BCUT2D eigenvalue weighted by Gasteiger charge is -1.57. The minimum absolute atomic E-state index is 0.833. The lowest BCUT2D eigenvalue weighted by atomic mass is 10.9. The average Bonchev–Trinajstić information content (AvgIpc) is 0.811. The summed E-state index contributed by atoms with van der Waals surface area (Å²) in [5.41, 5.74) is 0. The fourth-order valence-electron chi connectivity index (χ4n) is 0. The molecule has 0 aliphatic rings. The van der Waals surface area contributed by atoms with Gasteiger partial charge in [0.25, 0.3) is 0 Å². The molecule has 0 saturated carbocycles. The fraction of sp³-hybridized carbons (Fsp3) is 0.500. The average molecular weight is 61.1 g/mol. The van der Waals surface area contributed by atoms with Crippen LogP contribution in [0.5, 0.6) is 0 Å². The summed E-state index contributed by atoms with van der Waals surface area (Å²) >= 11 is 0. The molecule has 0 spiro atoms. The summed E-state index contributed by atoms with van der Waals surface area (Å²) in [6, 6.07) is 0. The number of rotatable bonds is 0. The van der Waals surface area contributed by atoms with Gasteiger partial charge < -0.3 is 0 Å². The Labute approximate surface area is 24.0 Å². The van der Waals surface area contributed by atoms with Gasteiger partial charge in [-0.25, -0.2) is 0 Å². The van der Waals surface area contributed by atoms with E-state index in [-0.39, 0.29) is 0 Å². The maximum absolute atomic E-state index is 10.6. The first-order valence-corrected chi connectivity index (χ1v) is 0.939. The summed E-state index contributed by atoms with van der Waals surface area (Å²) in [6.07, 6.45) is 0. The number of nitrogens with one attached hydrogen (secondary N) is 1. The monoisotopic (exact) mass is 61.0 g/mol. The quantitative estimate of drug-likeness (QED) is 0.403. The van der Waals surface area contributed by atoms with Crippen LogP contribution < -0.4 is 0 Å². The van der Waals surface area contributed by atoms with E-state index in [0.29, 0.717) is 0 Å². The molecule has 0 radical (unpaired) electrons. The van der Waals surface area contributed by atoms with Gasteiger partial charge in [0.2, 0.25) is 0 Å². The molecule has 0 atom stereocenters. The van der Waals surface area contributed by atoms with Crippen molar-refractivity contribution in [1.29, 1.82) is 5.41 Å². The topological polar surface area (TPSA) is 23.9 Å². The second kappa shape index (κ2) is 0.985. The second-order valence-electron chi connectivity index (χ2n) is 0.533. The van der Waals surface area contributed by atoms with Gasteiger partial charge in [0.05, 0.1) is 0 Å². The maximum Gasteiger partial charge on any atom is 0.178 e. The summed E-state index contributed by atoms with van der Waals surface area (Å²) in [7, 11) is 0. The van der Waals surface area contributed by atoms with Crippen molar-refractivity contribution in [1.82, 2.24) is 0 Å². The molecular formula is C2H4FN. The van der Waals surface area contributed by atoms with E-state index in [9.17, 15) is 4.39 Å². The molecule has 0 aromatic rings. The Morgan fingerprint density at radius 1 is 2.00 bits per heavy atom. The van der Waals surface area contributed by atoms with Crippen LogP contribution in [0.15, 0.2) is 0 Å². The smallest absolute Gasteiger partial charge is 0.178 e. The molecule has 24 valence electrons. The van der Waals surface area contributed by atoms with Crippen LogP contribution >= 0.6 is 0 Å². The lowest BCUT2D eigenvalue weighted by Crippen LogP contribution is -1.62. The molecular weight excluding hydrogens is 57.0 g/mol. The van der Waals surface area contributed by atoms with Crippen molar-refractivity contribution in [3.8, 4) is 0 Å². The predicted molar refractivity (Wildman–Crippen MR) is 14.5 cm³/mol. The summed E-state index contributed by atoms with van der Waals surface area (Å²) in [6.45, 7) is 1.08. The number of halogens is 1. The van der Waals surface area contributed by atoms with E-state index in [0.717, 1.165) is 6.92 Å². The van der Waals surface area contributed by atoms with Crippen LogP contribution in [-0.2, 0) is 0 Å². The lowest BCUT2D eigenvalue weighted by molar-refractivity contribution is 0.788. The SMILES string of the molecule is CC(=N)F. The van der Waals surface area contributed by atoms with E-state index >= 15 is 0 Å². The third-order valence-electron chi connectivity index (χ3n) is 0. The van der Waals surface area contributed by atoms with Crippen LogP contribution in [0.2, 0.25) is 0 Å². The second-order valence-corrected chi connectivity index (χ2v) is 0.533. The zero-order chi connectivity index (χ0) is 3.58. The molecule has 0 amide bonds. The van der Waals surface area contributed by atoms with E-state index in [4.69, 9.17) is 5.41 Å². The fourth-order valence-corrected chi connectivity index (χ4v) is 0. The van der Waals surface area contributed by atoms with Crippen LogP contribution in [0.4, 0.5) is 4.39 Å². The number of hydrogen-bond acceptors (Lipinski definition) is 1. The normalized spacial score (nSPS) is 6.50. The van der Waals surface area contributed by atoms with Crippen LogP contribution in [0.3, 0.4) is 0 Å². The first kappa shape index (κ1) is 3.60. The highest BCUT2D eigenvalue weighted by Crippen LogP contribution is 1.60. The maximum atomic E-state index is 10.6. The Morgan fingerprint density at radius 2 is 2.00 bits per heavy atom. The van der Waals surface area contributed by atoms with Crippen molar-refractivity contribution >= 4 is 5.97 Å². The first-order valence-electron chi connectivity index (χ1n) is 0.939. The van der Waals surface area contributed by atoms with E-state index < -0.39 is 5.97 Å². The molecule has 0 heterocycles. The van der Waals surface area contributed by atoms with Gasteiger partial charge in [-0.3, -0.25) is 5.41 Å². The molecule has 4 heavy (non-hydrogen) atoms. The van der Waals surface area contributed by atoms with Gasteiger partial charge in [0.15, 0.2) is 5.97 Å². The Balaban J connectivity index is 2.80. The van der Waals surface area contributed by atoms with Crippen LogP contribution in [0, 0.1) is 5.41 Å². The minimum Gasteiger partial charge on any atom is -0.278 e. The van der Waals surface area contributed by atoms with Gasteiger partial charge in [0.1, 0.15) is 0 Å². The molecule has 0 fully saturated rings. The Morgan fingerprint density at radius 3 is 2.00 bits per heavy atom.